The molecule has 0 atom stereocenters. The van der Waals surface area contributed by atoms with Crippen LogP contribution in [-0.4, -0.2) is 17.3 Å². The molecule has 0 bridgehead atoms. The van der Waals surface area contributed by atoms with Crippen molar-refractivity contribution < 1.29 is 14.2 Å². The van der Waals surface area contributed by atoms with Crippen LogP contribution in [0.3, 0.4) is 0 Å². The molecule has 0 unspecified atom stereocenters. The van der Waals surface area contributed by atoms with Crippen LogP contribution >= 0.6 is 0 Å². The zero-order valence-corrected chi connectivity index (χ0v) is 13.2. The Hall–Kier alpha value is -2.62. The Morgan fingerprint density at radius 3 is 2.83 bits per heavy atom. The molecule has 2 aromatic carbocycles. The van der Waals surface area contributed by atoms with Gasteiger partial charge in [0.2, 0.25) is 5.69 Å². The van der Waals surface area contributed by atoms with Crippen molar-refractivity contribution in [2.45, 2.75) is 26.4 Å². The summed E-state index contributed by atoms with van der Waals surface area (Å²) in [5.41, 5.74) is 4.15. The van der Waals surface area contributed by atoms with Gasteiger partial charge in [-0.25, -0.2) is 4.79 Å². The summed E-state index contributed by atoms with van der Waals surface area (Å²) in [5.74, 6) is -0.259. The van der Waals surface area contributed by atoms with E-state index in [4.69, 9.17) is 4.74 Å². The molecule has 0 saturated carbocycles. The fourth-order valence-corrected chi connectivity index (χ4v) is 3.43. The van der Waals surface area contributed by atoms with Gasteiger partial charge in [-0.05, 0) is 37.3 Å². The molecule has 4 heteroatoms. The number of carbonyl (C=O) groups is 1. The van der Waals surface area contributed by atoms with E-state index in [-0.39, 0.29) is 5.97 Å². The van der Waals surface area contributed by atoms with Gasteiger partial charge in [-0.1, -0.05) is 18.2 Å². The molecule has 4 nitrogen and oxygen atoms in total. The highest BCUT2D eigenvalue weighted by atomic mass is 16.5. The summed E-state index contributed by atoms with van der Waals surface area (Å²) in [6.45, 7) is 4.24. The van der Waals surface area contributed by atoms with Crippen molar-refractivity contribution in [2.24, 2.45) is 0 Å². The number of aryl methyl sites for hydroxylation is 1. The molecule has 0 amide bonds. The molecule has 116 valence electrons. The number of rotatable bonds is 3. The summed E-state index contributed by atoms with van der Waals surface area (Å²) in [5, 5.41) is 1.11. The Balaban J connectivity index is 1.96. The lowest BCUT2D eigenvalue weighted by Crippen LogP contribution is -2.38. The maximum absolute atomic E-state index is 12.1. The molecule has 3 aromatic rings. The van der Waals surface area contributed by atoms with Crippen LogP contribution in [-0.2, 0) is 17.8 Å². The summed E-state index contributed by atoms with van der Waals surface area (Å²) < 4.78 is 9.79. The van der Waals surface area contributed by atoms with Gasteiger partial charge in [-0.3, -0.25) is 0 Å². The number of hydrogen-bond acceptors (Lipinski definition) is 2. The molecule has 2 heterocycles. The van der Waals surface area contributed by atoms with E-state index in [0.717, 1.165) is 24.9 Å². The summed E-state index contributed by atoms with van der Waals surface area (Å²) in [7, 11) is 0. The van der Waals surface area contributed by atoms with E-state index in [2.05, 4.69) is 33.6 Å². The average molecular weight is 307 g/mol. The van der Waals surface area contributed by atoms with Crippen molar-refractivity contribution in [1.82, 2.24) is 4.68 Å². The molecule has 1 aliphatic heterocycles. The number of aromatic nitrogens is 2. The highest BCUT2D eigenvalue weighted by Crippen LogP contribution is 2.29. The molecule has 4 rings (SSSR count). The number of ether oxygens (including phenoxy) is 1. The van der Waals surface area contributed by atoms with E-state index in [1.165, 1.54) is 16.8 Å². The first-order valence-electron chi connectivity index (χ1n) is 8.08. The summed E-state index contributed by atoms with van der Waals surface area (Å²) in [4.78, 5) is 12.1. The fourth-order valence-electron chi connectivity index (χ4n) is 3.43. The second-order valence-corrected chi connectivity index (χ2v) is 5.77. The minimum Gasteiger partial charge on any atom is -0.462 e. The van der Waals surface area contributed by atoms with E-state index in [0.29, 0.717) is 12.2 Å². The number of benzene rings is 2. The third kappa shape index (κ3) is 2.22. The fraction of sp³-hybridized carbons (Fsp3) is 0.263. The summed E-state index contributed by atoms with van der Waals surface area (Å²) >= 11 is 0. The maximum Gasteiger partial charge on any atom is 0.338 e. The van der Waals surface area contributed by atoms with Gasteiger partial charge in [-0.2, -0.15) is 4.68 Å². The third-order valence-corrected chi connectivity index (χ3v) is 4.38. The lowest BCUT2D eigenvalue weighted by atomic mass is 10.0. The summed E-state index contributed by atoms with van der Waals surface area (Å²) in [6, 6.07) is 16.2. The zero-order valence-electron chi connectivity index (χ0n) is 13.2. The third-order valence-electron chi connectivity index (χ3n) is 4.38. The minimum atomic E-state index is -0.259. The second-order valence-electron chi connectivity index (χ2n) is 5.77. The van der Waals surface area contributed by atoms with Gasteiger partial charge in [0.15, 0.2) is 6.54 Å². The van der Waals surface area contributed by atoms with Gasteiger partial charge < -0.3 is 4.74 Å². The maximum atomic E-state index is 12.1. The molecular formula is C19H19N2O2+. The first kappa shape index (κ1) is 14.0. The lowest BCUT2D eigenvalue weighted by molar-refractivity contribution is -0.745. The van der Waals surface area contributed by atoms with E-state index < -0.39 is 0 Å². The van der Waals surface area contributed by atoms with E-state index >= 15 is 0 Å². The minimum absolute atomic E-state index is 0.259. The Morgan fingerprint density at radius 1 is 1.22 bits per heavy atom. The van der Waals surface area contributed by atoms with E-state index in [9.17, 15) is 4.79 Å². The van der Waals surface area contributed by atoms with Gasteiger partial charge in [0.25, 0.3) is 0 Å². The largest absolute Gasteiger partial charge is 0.462 e. The van der Waals surface area contributed by atoms with Gasteiger partial charge in [-0.15, -0.1) is 4.68 Å². The van der Waals surface area contributed by atoms with Crippen LogP contribution in [0.5, 0.6) is 0 Å². The normalized spacial score (nSPS) is 13.3. The molecular weight excluding hydrogens is 288 g/mol. The predicted molar refractivity (Wildman–Crippen MR) is 88.1 cm³/mol. The molecule has 1 aliphatic rings. The predicted octanol–water partition coefficient (Wildman–Crippen LogP) is 3.18. The van der Waals surface area contributed by atoms with Crippen molar-refractivity contribution in [2.75, 3.05) is 6.61 Å². The van der Waals surface area contributed by atoms with Crippen molar-refractivity contribution in [3.05, 3.63) is 54.1 Å². The second kappa shape index (κ2) is 5.54. The van der Waals surface area contributed by atoms with Gasteiger partial charge in [0.05, 0.1) is 24.1 Å². The van der Waals surface area contributed by atoms with E-state index in [1.54, 1.807) is 0 Å². The first-order valence-corrected chi connectivity index (χ1v) is 8.08. The van der Waals surface area contributed by atoms with Crippen LogP contribution in [0.25, 0.3) is 22.2 Å². The molecule has 1 aromatic heterocycles. The Bertz CT molecular complexity index is 881. The monoisotopic (exact) mass is 307 g/mol. The van der Waals surface area contributed by atoms with Crippen LogP contribution in [0.4, 0.5) is 0 Å². The van der Waals surface area contributed by atoms with Gasteiger partial charge in [0, 0.05) is 12.0 Å². The zero-order chi connectivity index (χ0) is 15.8. The molecule has 0 spiro atoms. The number of hydrogen-bond donors (Lipinski definition) is 0. The summed E-state index contributed by atoms with van der Waals surface area (Å²) in [6.07, 6.45) is 1.15. The number of fused-ring (bicyclic) bond motifs is 3. The Morgan fingerprint density at radius 2 is 2.04 bits per heavy atom. The number of nitrogens with zero attached hydrogens (tertiary/aromatic N) is 2. The quantitative estimate of drug-likeness (QED) is 0.550. The number of carbonyl (C=O) groups excluding carboxylic acids is 1. The van der Waals surface area contributed by atoms with Crippen LogP contribution in [0, 0.1) is 0 Å². The van der Waals surface area contributed by atoms with Gasteiger partial charge >= 0.3 is 5.97 Å². The van der Waals surface area contributed by atoms with Crippen molar-refractivity contribution in [1.29, 1.82) is 0 Å². The molecule has 23 heavy (non-hydrogen) atoms. The van der Waals surface area contributed by atoms with Crippen molar-refractivity contribution in [3.8, 4) is 11.3 Å². The first-order chi connectivity index (χ1) is 11.3. The SMILES string of the molecule is CCOC(=O)c1ccc2c(c1)c(-c1ccccc1)[n+]1n2CCC1. The molecule has 0 aliphatic carbocycles. The smallest absolute Gasteiger partial charge is 0.338 e. The van der Waals surface area contributed by atoms with E-state index in [1.807, 2.05) is 31.2 Å². The molecule has 0 N–H and O–H groups in total. The van der Waals surface area contributed by atoms with Crippen LogP contribution in [0.1, 0.15) is 23.7 Å². The highest BCUT2D eigenvalue weighted by molar-refractivity contribution is 5.98. The van der Waals surface area contributed by atoms with Crippen molar-refractivity contribution in [3.63, 3.8) is 0 Å². The molecule has 0 radical (unpaired) electrons. The Kier molecular flexibility index (Phi) is 3.37. The Labute approximate surface area is 134 Å². The van der Waals surface area contributed by atoms with Crippen LogP contribution in [0.2, 0.25) is 0 Å². The number of esters is 1. The lowest BCUT2D eigenvalue weighted by Gasteiger charge is -2.01. The molecule has 0 saturated heterocycles. The topological polar surface area (TPSA) is 35.1 Å². The standard InChI is InChI=1S/C19H19N2O2/c1-2-23-19(22)15-9-10-17-16(13-15)18(14-7-4-3-5-8-14)21-12-6-11-20(17)21/h3-5,7-10,13H,2,6,11-12H2,1H3/q+1. The van der Waals surface area contributed by atoms with Crippen LogP contribution < -0.4 is 4.68 Å². The average Bonchev–Trinajstić information content (AvgIpc) is 3.15. The van der Waals surface area contributed by atoms with Crippen LogP contribution in [0.15, 0.2) is 48.5 Å². The van der Waals surface area contributed by atoms with Crippen molar-refractivity contribution >= 4 is 16.9 Å². The molecule has 0 fully saturated rings. The van der Waals surface area contributed by atoms with Gasteiger partial charge in [0.1, 0.15) is 5.52 Å². The highest BCUT2D eigenvalue weighted by Gasteiger charge is 2.30.